The summed E-state index contributed by atoms with van der Waals surface area (Å²) >= 11 is 6.00. The smallest absolute Gasteiger partial charge is 0.309 e. The van der Waals surface area contributed by atoms with Gasteiger partial charge in [0.05, 0.1) is 18.5 Å². The van der Waals surface area contributed by atoms with Crippen LogP contribution in [0.1, 0.15) is 17.1 Å². The average Bonchev–Trinajstić information content (AvgIpc) is 2.68. The summed E-state index contributed by atoms with van der Waals surface area (Å²) in [6.45, 7) is 0. The first-order chi connectivity index (χ1) is 8.15. The molecule has 0 saturated carbocycles. The third kappa shape index (κ3) is 3.07. The standard InChI is InChI=1S/C12H10ClNO3/c13-10-4-2-1-3-8(10)5-11-14-9(7-17-11)6-12(15)16/h1-4,7H,5-6H2,(H,15,16). The Hall–Kier alpha value is -1.81. The van der Waals surface area contributed by atoms with Gasteiger partial charge in [-0.05, 0) is 11.6 Å². The summed E-state index contributed by atoms with van der Waals surface area (Å²) in [5, 5.41) is 9.25. The van der Waals surface area contributed by atoms with E-state index in [1.165, 1.54) is 6.26 Å². The molecular weight excluding hydrogens is 242 g/mol. The third-order valence-corrected chi connectivity index (χ3v) is 2.60. The predicted molar refractivity (Wildman–Crippen MR) is 62.1 cm³/mol. The van der Waals surface area contributed by atoms with E-state index in [4.69, 9.17) is 21.1 Å². The number of rotatable bonds is 4. The van der Waals surface area contributed by atoms with Gasteiger partial charge in [0.15, 0.2) is 5.89 Å². The normalized spacial score (nSPS) is 10.4. The van der Waals surface area contributed by atoms with Crippen molar-refractivity contribution in [2.24, 2.45) is 0 Å². The first-order valence-electron chi connectivity index (χ1n) is 5.03. The molecule has 0 saturated heterocycles. The van der Waals surface area contributed by atoms with E-state index in [2.05, 4.69) is 4.98 Å². The summed E-state index contributed by atoms with van der Waals surface area (Å²) in [6.07, 6.45) is 1.69. The summed E-state index contributed by atoms with van der Waals surface area (Å²) < 4.78 is 5.19. The second kappa shape index (κ2) is 5.01. The predicted octanol–water partition coefficient (Wildman–Crippen LogP) is 2.55. The molecule has 0 bridgehead atoms. The van der Waals surface area contributed by atoms with Crippen LogP contribution in [-0.4, -0.2) is 16.1 Å². The molecule has 4 nitrogen and oxygen atoms in total. The molecule has 17 heavy (non-hydrogen) atoms. The molecule has 0 aliphatic carbocycles. The fraction of sp³-hybridized carbons (Fsp3) is 0.167. The van der Waals surface area contributed by atoms with Gasteiger partial charge in [-0.25, -0.2) is 4.98 Å². The Kier molecular flexibility index (Phi) is 3.44. The molecule has 1 N–H and O–H groups in total. The van der Waals surface area contributed by atoms with E-state index in [9.17, 15) is 4.79 Å². The highest BCUT2D eigenvalue weighted by molar-refractivity contribution is 6.31. The Morgan fingerprint density at radius 3 is 2.88 bits per heavy atom. The number of carboxylic acid groups (broad SMARTS) is 1. The molecule has 1 aromatic heterocycles. The van der Waals surface area contributed by atoms with E-state index in [0.717, 1.165) is 5.56 Å². The molecule has 0 atom stereocenters. The number of aromatic nitrogens is 1. The molecule has 0 radical (unpaired) electrons. The van der Waals surface area contributed by atoms with Crippen LogP contribution in [0, 0.1) is 0 Å². The minimum atomic E-state index is -0.928. The molecule has 0 fully saturated rings. The Morgan fingerprint density at radius 2 is 2.18 bits per heavy atom. The number of nitrogens with zero attached hydrogens (tertiary/aromatic N) is 1. The van der Waals surface area contributed by atoms with Gasteiger partial charge in [-0.3, -0.25) is 4.79 Å². The summed E-state index contributed by atoms with van der Waals surface area (Å²) in [4.78, 5) is 14.6. The molecule has 0 spiro atoms. The summed E-state index contributed by atoms with van der Waals surface area (Å²) in [7, 11) is 0. The number of benzene rings is 1. The van der Waals surface area contributed by atoms with Gasteiger partial charge >= 0.3 is 5.97 Å². The molecule has 1 aromatic carbocycles. The van der Waals surface area contributed by atoms with E-state index in [1.807, 2.05) is 18.2 Å². The highest BCUT2D eigenvalue weighted by Crippen LogP contribution is 2.18. The molecule has 0 amide bonds. The van der Waals surface area contributed by atoms with Crippen LogP contribution < -0.4 is 0 Å². The molecule has 0 aliphatic rings. The van der Waals surface area contributed by atoms with Crippen molar-refractivity contribution in [3.05, 3.63) is 52.7 Å². The van der Waals surface area contributed by atoms with Crippen molar-refractivity contribution in [1.29, 1.82) is 0 Å². The van der Waals surface area contributed by atoms with Gasteiger partial charge in [0.25, 0.3) is 0 Å². The van der Waals surface area contributed by atoms with Gasteiger partial charge in [0.1, 0.15) is 6.26 Å². The van der Waals surface area contributed by atoms with Crippen LogP contribution in [-0.2, 0) is 17.6 Å². The van der Waals surface area contributed by atoms with Crippen LogP contribution in [0.25, 0.3) is 0 Å². The lowest BCUT2D eigenvalue weighted by Crippen LogP contribution is -2.00. The minimum absolute atomic E-state index is 0.133. The zero-order valence-corrected chi connectivity index (χ0v) is 9.65. The molecule has 0 unspecified atom stereocenters. The maximum atomic E-state index is 10.5. The fourth-order valence-corrected chi connectivity index (χ4v) is 1.67. The average molecular weight is 252 g/mol. The largest absolute Gasteiger partial charge is 0.481 e. The number of aliphatic carboxylic acids is 1. The summed E-state index contributed by atoms with van der Waals surface area (Å²) in [5.41, 5.74) is 1.32. The Bertz CT molecular complexity index is 536. The zero-order chi connectivity index (χ0) is 12.3. The van der Waals surface area contributed by atoms with Gasteiger partial charge in [-0.1, -0.05) is 29.8 Å². The Balaban J connectivity index is 2.12. The fourth-order valence-electron chi connectivity index (χ4n) is 1.47. The van der Waals surface area contributed by atoms with Crippen LogP contribution in [0.3, 0.4) is 0 Å². The van der Waals surface area contributed by atoms with Gasteiger partial charge < -0.3 is 9.52 Å². The molecule has 1 heterocycles. The van der Waals surface area contributed by atoms with E-state index in [-0.39, 0.29) is 6.42 Å². The number of carboxylic acids is 1. The van der Waals surface area contributed by atoms with E-state index in [1.54, 1.807) is 6.07 Å². The van der Waals surface area contributed by atoms with Crippen LogP contribution in [0.2, 0.25) is 5.02 Å². The Labute approximate surface area is 103 Å². The second-order valence-electron chi connectivity index (χ2n) is 3.57. The number of hydrogen-bond donors (Lipinski definition) is 1. The van der Waals surface area contributed by atoms with Gasteiger partial charge in [-0.15, -0.1) is 0 Å². The third-order valence-electron chi connectivity index (χ3n) is 2.23. The quantitative estimate of drug-likeness (QED) is 0.907. The van der Waals surface area contributed by atoms with Gasteiger partial charge in [-0.2, -0.15) is 0 Å². The van der Waals surface area contributed by atoms with Gasteiger partial charge in [0, 0.05) is 5.02 Å². The Morgan fingerprint density at radius 1 is 1.41 bits per heavy atom. The summed E-state index contributed by atoms with van der Waals surface area (Å²) in [6, 6.07) is 7.39. The first kappa shape index (κ1) is 11.7. The lowest BCUT2D eigenvalue weighted by molar-refractivity contribution is -0.136. The lowest BCUT2D eigenvalue weighted by Gasteiger charge is -1.99. The van der Waals surface area contributed by atoms with Crippen LogP contribution in [0.5, 0.6) is 0 Å². The highest BCUT2D eigenvalue weighted by atomic mass is 35.5. The molecule has 2 rings (SSSR count). The molecule has 2 aromatic rings. The van der Waals surface area contributed by atoms with E-state index in [0.29, 0.717) is 23.0 Å². The van der Waals surface area contributed by atoms with Crippen LogP contribution in [0.4, 0.5) is 0 Å². The number of carbonyl (C=O) groups is 1. The van der Waals surface area contributed by atoms with Gasteiger partial charge in [0.2, 0.25) is 0 Å². The van der Waals surface area contributed by atoms with Crippen LogP contribution in [0.15, 0.2) is 34.9 Å². The highest BCUT2D eigenvalue weighted by Gasteiger charge is 2.09. The van der Waals surface area contributed by atoms with Crippen molar-refractivity contribution >= 4 is 17.6 Å². The monoisotopic (exact) mass is 251 g/mol. The first-order valence-corrected chi connectivity index (χ1v) is 5.41. The van der Waals surface area contributed by atoms with E-state index >= 15 is 0 Å². The lowest BCUT2D eigenvalue weighted by atomic mass is 10.1. The molecule has 5 heteroatoms. The summed E-state index contributed by atoms with van der Waals surface area (Å²) in [5.74, 6) is -0.461. The van der Waals surface area contributed by atoms with Crippen molar-refractivity contribution in [3.63, 3.8) is 0 Å². The van der Waals surface area contributed by atoms with Crippen molar-refractivity contribution in [2.45, 2.75) is 12.8 Å². The maximum absolute atomic E-state index is 10.5. The molecule has 88 valence electrons. The van der Waals surface area contributed by atoms with E-state index < -0.39 is 5.97 Å². The van der Waals surface area contributed by atoms with Crippen molar-refractivity contribution in [2.75, 3.05) is 0 Å². The second-order valence-corrected chi connectivity index (χ2v) is 3.98. The SMILES string of the molecule is O=C(O)Cc1coc(Cc2ccccc2Cl)n1. The minimum Gasteiger partial charge on any atom is -0.481 e. The molecular formula is C12H10ClNO3. The number of halogens is 1. The van der Waals surface area contributed by atoms with Crippen molar-refractivity contribution in [1.82, 2.24) is 4.98 Å². The zero-order valence-electron chi connectivity index (χ0n) is 8.89. The van der Waals surface area contributed by atoms with Crippen LogP contribution >= 0.6 is 11.6 Å². The molecule has 0 aliphatic heterocycles. The maximum Gasteiger partial charge on any atom is 0.309 e. The van der Waals surface area contributed by atoms with Crippen molar-refractivity contribution in [3.8, 4) is 0 Å². The topological polar surface area (TPSA) is 63.3 Å². The van der Waals surface area contributed by atoms with Crippen molar-refractivity contribution < 1.29 is 14.3 Å². The number of hydrogen-bond acceptors (Lipinski definition) is 3. The number of oxazole rings is 1.